The zero-order chi connectivity index (χ0) is 29.2. The third-order valence-corrected chi connectivity index (χ3v) is 7.90. The zero-order valence-corrected chi connectivity index (χ0v) is 22.4. The van der Waals surface area contributed by atoms with E-state index in [1.807, 2.05) is 0 Å². The summed E-state index contributed by atoms with van der Waals surface area (Å²) >= 11 is 0. The summed E-state index contributed by atoms with van der Waals surface area (Å²) in [5, 5.41) is 0. The quantitative estimate of drug-likeness (QED) is 0.269. The van der Waals surface area contributed by atoms with Crippen LogP contribution in [0.1, 0.15) is 47.0 Å². The van der Waals surface area contributed by atoms with Crippen molar-refractivity contribution >= 4 is 39.4 Å². The Morgan fingerprint density at radius 1 is 0.634 bits per heavy atom. The Hall–Kier alpha value is -5.13. The number of anilines is 1. The monoisotopic (exact) mass is 568 g/mol. The van der Waals surface area contributed by atoms with Gasteiger partial charge in [-0.15, -0.1) is 0 Å². The van der Waals surface area contributed by atoms with Gasteiger partial charge < -0.3 is 4.74 Å². The topological polar surface area (TPSA) is 138 Å². The molecule has 0 saturated heterocycles. The van der Waals surface area contributed by atoms with Crippen LogP contribution in [0.15, 0.2) is 83.8 Å². The number of imide groups is 2. The lowest BCUT2D eigenvalue weighted by atomic mass is 10.0. The Bertz CT molecular complexity index is 1950. The molecule has 0 bridgehead atoms. The van der Waals surface area contributed by atoms with E-state index in [4.69, 9.17) is 4.74 Å². The van der Waals surface area contributed by atoms with E-state index in [2.05, 4.69) is 0 Å². The summed E-state index contributed by atoms with van der Waals surface area (Å²) in [5.74, 6) is -1.42. The summed E-state index contributed by atoms with van der Waals surface area (Å²) in [6, 6.07) is 19.7. The Morgan fingerprint density at radius 3 is 1.76 bits per heavy atom. The number of rotatable bonds is 5. The van der Waals surface area contributed by atoms with Gasteiger partial charge in [-0.25, -0.2) is 4.90 Å². The molecule has 0 spiro atoms. The van der Waals surface area contributed by atoms with Crippen LogP contribution in [0.25, 0.3) is 11.1 Å². The number of carbonyl (C=O) groups excluding carboxylic acids is 4. The third kappa shape index (κ3) is 4.28. The van der Waals surface area contributed by atoms with Crippen molar-refractivity contribution in [2.24, 2.45) is 0 Å². The van der Waals surface area contributed by atoms with Gasteiger partial charge in [0.15, 0.2) is 0 Å². The van der Waals surface area contributed by atoms with Crippen LogP contribution in [0.3, 0.4) is 0 Å². The average Bonchev–Trinajstić information content (AvgIpc) is 3.32. The molecule has 2 aliphatic rings. The van der Waals surface area contributed by atoms with Gasteiger partial charge in [-0.1, -0.05) is 24.3 Å². The lowest BCUT2D eigenvalue weighted by Gasteiger charge is -2.15. The van der Waals surface area contributed by atoms with Crippen molar-refractivity contribution in [1.29, 1.82) is 0 Å². The molecule has 2 aliphatic heterocycles. The van der Waals surface area contributed by atoms with Gasteiger partial charge in [0.1, 0.15) is 16.4 Å². The highest BCUT2D eigenvalue weighted by Crippen LogP contribution is 2.35. The predicted molar refractivity (Wildman–Crippen MR) is 147 cm³/mol. The summed E-state index contributed by atoms with van der Waals surface area (Å²) in [7, 11) is -3.09. The number of amides is 4. The van der Waals surface area contributed by atoms with Gasteiger partial charge in [-0.3, -0.25) is 28.6 Å². The lowest BCUT2D eigenvalue weighted by Crippen LogP contribution is -2.29. The van der Waals surface area contributed by atoms with E-state index in [9.17, 15) is 32.1 Å². The predicted octanol–water partition coefficient (Wildman–Crippen LogP) is 4.73. The summed E-state index contributed by atoms with van der Waals surface area (Å²) < 4.78 is 39.4. The fourth-order valence-electron chi connectivity index (χ4n) is 4.93. The Labute approximate surface area is 234 Å². The zero-order valence-electron chi connectivity index (χ0n) is 21.6. The number of carbonyl (C=O) groups is 4. The number of nitrogens with zero attached hydrogens (tertiary/aromatic N) is 2. The van der Waals surface area contributed by atoms with Crippen LogP contribution in [-0.4, -0.2) is 48.5 Å². The third-order valence-electron chi connectivity index (χ3n) is 7.01. The fraction of sp³-hybridized carbons (Fsp3) is 0.0667. The van der Waals surface area contributed by atoms with Crippen molar-refractivity contribution in [3.63, 3.8) is 0 Å². The molecule has 1 N–H and O–H groups in total. The summed E-state index contributed by atoms with van der Waals surface area (Å²) in [4.78, 5) is 52.7. The smallest absolute Gasteiger partial charge is 0.295 e. The molecule has 4 aromatic rings. The first-order valence-electron chi connectivity index (χ1n) is 12.3. The maximum atomic E-state index is 13.3. The van der Waals surface area contributed by atoms with Crippen molar-refractivity contribution in [2.45, 2.75) is 11.8 Å². The SMILES string of the molecule is Cc1ccc(-c2ccc(N3C(=O)c4ccc(Oc5ccc6c(c5)C(=O)N(C)C6=O)cc4C3=O)cc2)c(S(=O)(=O)O)c1. The number of fused-ring (bicyclic) bond motifs is 2. The van der Waals surface area contributed by atoms with Crippen LogP contribution in [0.4, 0.5) is 5.69 Å². The standard InChI is InChI=1S/C30H20N2O8S/c1-16-3-10-21(26(13-16)41(37,38)39)17-4-6-18(7-5-17)32-29(35)23-12-9-20(15-25(23)30(32)36)40-19-8-11-22-24(14-19)28(34)31(2)27(22)33/h3-15H,1-2H3,(H,37,38,39). The van der Waals surface area contributed by atoms with E-state index in [-0.39, 0.29) is 49.9 Å². The van der Waals surface area contributed by atoms with Gasteiger partial charge in [-0.2, -0.15) is 8.42 Å². The maximum Gasteiger partial charge on any atom is 0.295 e. The Morgan fingerprint density at radius 2 is 1.15 bits per heavy atom. The number of ether oxygens (including phenoxy) is 1. The maximum absolute atomic E-state index is 13.3. The second-order valence-corrected chi connectivity index (χ2v) is 11.0. The first-order chi connectivity index (χ1) is 19.4. The molecule has 204 valence electrons. The molecule has 0 radical (unpaired) electrons. The highest BCUT2D eigenvalue weighted by atomic mass is 32.2. The summed E-state index contributed by atoms with van der Waals surface area (Å²) in [6.45, 7) is 1.70. The first kappa shape index (κ1) is 26.1. The molecule has 2 heterocycles. The minimum absolute atomic E-state index is 0.121. The molecule has 0 aliphatic carbocycles. The van der Waals surface area contributed by atoms with Crippen molar-refractivity contribution in [2.75, 3.05) is 11.9 Å². The Kier molecular flexibility index (Phi) is 5.87. The van der Waals surface area contributed by atoms with E-state index in [1.54, 1.807) is 37.3 Å². The molecule has 10 nitrogen and oxygen atoms in total. The van der Waals surface area contributed by atoms with E-state index >= 15 is 0 Å². The van der Waals surface area contributed by atoms with Crippen LogP contribution < -0.4 is 9.64 Å². The second kappa shape index (κ2) is 9.22. The van der Waals surface area contributed by atoms with Crippen molar-refractivity contribution in [3.8, 4) is 22.6 Å². The molecule has 0 saturated carbocycles. The van der Waals surface area contributed by atoms with Gasteiger partial charge >= 0.3 is 0 Å². The van der Waals surface area contributed by atoms with Crippen LogP contribution in [-0.2, 0) is 10.1 Å². The van der Waals surface area contributed by atoms with Gasteiger partial charge in [0, 0.05) is 12.6 Å². The summed E-state index contributed by atoms with van der Waals surface area (Å²) in [6.07, 6.45) is 0. The number of aryl methyl sites for hydroxylation is 1. The number of benzene rings is 4. The average molecular weight is 569 g/mol. The van der Waals surface area contributed by atoms with Crippen molar-refractivity contribution < 1.29 is 36.9 Å². The highest BCUT2D eigenvalue weighted by molar-refractivity contribution is 7.86. The molecule has 0 aromatic heterocycles. The molecular formula is C30H20N2O8S. The largest absolute Gasteiger partial charge is 0.457 e. The van der Waals surface area contributed by atoms with Gasteiger partial charge in [-0.05, 0) is 72.6 Å². The molecule has 41 heavy (non-hydrogen) atoms. The van der Waals surface area contributed by atoms with E-state index in [0.717, 1.165) is 9.80 Å². The van der Waals surface area contributed by atoms with E-state index in [1.165, 1.54) is 55.6 Å². The minimum Gasteiger partial charge on any atom is -0.457 e. The molecular weight excluding hydrogens is 548 g/mol. The van der Waals surface area contributed by atoms with Crippen LogP contribution in [0, 0.1) is 6.92 Å². The molecule has 11 heteroatoms. The van der Waals surface area contributed by atoms with Crippen LogP contribution in [0.5, 0.6) is 11.5 Å². The van der Waals surface area contributed by atoms with Gasteiger partial charge in [0.25, 0.3) is 33.7 Å². The first-order valence-corrected chi connectivity index (χ1v) is 13.7. The van der Waals surface area contributed by atoms with E-state index < -0.39 is 33.7 Å². The molecule has 0 unspecified atom stereocenters. The molecule has 4 aromatic carbocycles. The van der Waals surface area contributed by atoms with Gasteiger partial charge in [0.2, 0.25) is 0 Å². The molecule has 6 rings (SSSR count). The number of hydrogen-bond acceptors (Lipinski definition) is 7. The van der Waals surface area contributed by atoms with Crippen molar-refractivity contribution in [3.05, 3.63) is 107 Å². The lowest BCUT2D eigenvalue weighted by molar-refractivity contribution is 0.0692. The number of hydrogen-bond donors (Lipinski definition) is 1. The minimum atomic E-state index is -4.49. The molecule has 0 atom stereocenters. The highest BCUT2D eigenvalue weighted by Gasteiger charge is 2.37. The van der Waals surface area contributed by atoms with E-state index in [0.29, 0.717) is 11.1 Å². The van der Waals surface area contributed by atoms with Gasteiger partial charge in [0.05, 0.1) is 27.9 Å². The molecule has 0 fully saturated rings. The van der Waals surface area contributed by atoms with Crippen LogP contribution in [0.2, 0.25) is 0 Å². The summed E-state index contributed by atoms with van der Waals surface area (Å²) in [5.41, 5.74) is 2.45. The van der Waals surface area contributed by atoms with Crippen LogP contribution >= 0.6 is 0 Å². The molecule has 4 amide bonds. The normalized spacial score (nSPS) is 14.5. The fourth-order valence-corrected chi connectivity index (χ4v) is 5.73. The van der Waals surface area contributed by atoms with Crippen molar-refractivity contribution in [1.82, 2.24) is 4.90 Å². The second-order valence-electron chi connectivity index (χ2n) is 9.65. The Balaban J connectivity index is 1.27.